The Morgan fingerprint density at radius 1 is 1.50 bits per heavy atom. The molecule has 1 aromatic heterocycles. The van der Waals surface area contributed by atoms with Gasteiger partial charge in [0.05, 0.1) is 0 Å². The minimum atomic E-state index is 0.553. The van der Waals surface area contributed by atoms with Crippen molar-refractivity contribution < 1.29 is 0 Å². The zero-order chi connectivity index (χ0) is 9.97. The molecule has 4 nitrogen and oxygen atoms in total. The number of nitrogens with zero attached hydrogens (tertiary/aromatic N) is 3. The van der Waals surface area contributed by atoms with Gasteiger partial charge in [0.1, 0.15) is 18.0 Å². The highest BCUT2D eigenvalue weighted by Crippen LogP contribution is 2.30. The lowest BCUT2D eigenvalue weighted by atomic mass is 10.3. The number of hydrogen-bond donors (Lipinski definition) is 1. The Bertz CT molecular complexity index is 309. The SMILES string of the molecule is CCCN(c1cc(N)ncn1)C1CC1. The molecule has 1 saturated carbocycles. The second-order valence-corrected chi connectivity index (χ2v) is 3.73. The van der Waals surface area contributed by atoms with E-state index in [1.54, 1.807) is 0 Å². The van der Waals surface area contributed by atoms with Crippen LogP contribution < -0.4 is 10.6 Å². The quantitative estimate of drug-likeness (QED) is 0.784. The highest BCUT2D eigenvalue weighted by molar-refractivity contribution is 5.47. The Morgan fingerprint density at radius 2 is 2.29 bits per heavy atom. The molecule has 0 atom stereocenters. The van der Waals surface area contributed by atoms with E-state index < -0.39 is 0 Å². The normalized spacial score (nSPS) is 15.5. The van der Waals surface area contributed by atoms with E-state index >= 15 is 0 Å². The number of rotatable bonds is 4. The molecule has 0 aromatic carbocycles. The molecule has 0 radical (unpaired) electrons. The maximum absolute atomic E-state index is 5.64. The van der Waals surface area contributed by atoms with Crippen molar-refractivity contribution in [2.75, 3.05) is 17.2 Å². The van der Waals surface area contributed by atoms with Gasteiger partial charge >= 0.3 is 0 Å². The van der Waals surface area contributed by atoms with Crippen molar-refractivity contribution in [3.8, 4) is 0 Å². The Balaban J connectivity index is 2.16. The molecule has 0 aliphatic heterocycles. The third-order valence-electron chi connectivity index (χ3n) is 2.42. The van der Waals surface area contributed by atoms with Crippen molar-refractivity contribution in [3.05, 3.63) is 12.4 Å². The van der Waals surface area contributed by atoms with Crippen LogP contribution in [0.15, 0.2) is 12.4 Å². The Kier molecular flexibility index (Phi) is 2.52. The van der Waals surface area contributed by atoms with Gasteiger partial charge in [0.2, 0.25) is 0 Å². The Morgan fingerprint density at radius 3 is 2.86 bits per heavy atom. The van der Waals surface area contributed by atoms with Gasteiger partial charge in [-0.05, 0) is 19.3 Å². The highest BCUT2D eigenvalue weighted by Gasteiger charge is 2.29. The predicted octanol–water partition coefficient (Wildman–Crippen LogP) is 1.44. The second kappa shape index (κ2) is 3.82. The molecule has 1 heterocycles. The van der Waals surface area contributed by atoms with Crippen molar-refractivity contribution in [2.24, 2.45) is 0 Å². The summed E-state index contributed by atoms with van der Waals surface area (Å²) in [5.74, 6) is 1.53. The molecule has 0 bridgehead atoms. The molecule has 0 amide bonds. The van der Waals surface area contributed by atoms with E-state index in [0.29, 0.717) is 11.9 Å². The summed E-state index contributed by atoms with van der Waals surface area (Å²) >= 11 is 0. The first-order valence-corrected chi connectivity index (χ1v) is 5.15. The summed E-state index contributed by atoms with van der Waals surface area (Å²) in [6.07, 6.45) is 5.24. The summed E-state index contributed by atoms with van der Waals surface area (Å²) in [5, 5.41) is 0. The minimum Gasteiger partial charge on any atom is -0.384 e. The van der Waals surface area contributed by atoms with Crippen LogP contribution in [0.25, 0.3) is 0 Å². The molecule has 0 unspecified atom stereocenters. The summed E-state index contributed by atoms with van der Waals surface area (Å²) in [7, 11) is 0. The third-order valence-corrected chi connectivity index (χ3v) is 2.42. The van der Waals surface area contributed by atoms with Gasteiger partial charge in [-0.2, -0.15) is 0 Å². The van der Waals surface area contributed by atoms with Gasteiger partial charge < -0.3 is 10.6 Å². The smallest absolute Gasteiger partial charge is 0.134 e. The number of nitrogens with two attached hydrogens (primary N) is 1. The maximum atomic E-state index is 5.64. The molecule has 2 N–H and O–H groups in total. The largest absolute Gasteiger partial charge is 0.384 e. The third kappa shape index (κ3) is 1.95. The van der Waals surface area contributed by atoms with Crippen molar-refractivity contribution in [2.45, 2.75) is 32.2 Å². The van der Waals surface area contributed by atoms with Crippen LogP contribution in [-0.2, 0) is 0 Å². The van der Waals surface area contributed by atoms with Crippen molar-refractivity contribution in [3.63, 3.8) is 0 Å². The summed E-state index contributed by atoms with van der Waals surface area (Å²) in [6, 6.07) is 2.54. The van der Waals surface area contributed by atoms with Crippen LogP contribution in [-0.4, -0.2) is 22.6 Å². The standard InChI is InChI=1S/C10H16N4/c1-2-5-14(8-3-4-8)10-6-9(11)12-7-13-10/h6-8H,2-5H2,1H3,(H2,11,12,13). The fourth-order valence-corrected chi connectivity index (χ4v) is 1.63. The molecule has 1 aromatic rings. The number of hydrogen-bond acceptors (Lipinski definition) is 4. The molecule has 1 aliphatic carbocycles. The molecule has 0 spiro atoms. The van der Waals surface area contributed by atoms with Gasteiger partial charge in [0, 0.05) is 18.7 Å². The van der Waals surface area contributed by atoms with E-state index in [9.17, 15) is 0 Å². The summed E-state index contributed by atoms with van der Waals surface area (Å²) < 4.78 is 0. The minimum absolute atomic E-state index is 0.553. The fourth-order valence-electron chi connectivity index (χ4n) is 1.63. The van der Waals surface area contributed by atoms with E-state index in [1.807, 2.05) is 6.07 Å². The number of nitrogen functional groups attached to an aromatic ring is 1. The Hall–Kier alpha value is -1.32. The molecule has 0 saturated heterocycles. The topological polar surface area (TPSA) is 55.0 Å². The van der Waals surface area contributed by atoms with Crippen LogP contribution in [0.4, 0.5) is 11.6 Å². The van der Waals surface area contributed by atoms with Crippen LogP contribution in [0.2, 0.25) is 0 Å². The highest BCUT2D eigenvalue weighted by atomic mass is 15.2. The molecule has 14 heavy (non-hydrogen) atoms. The lowest BCUT2D eigenvalue weighted by Crippen LogP contribution is -2.27. The fraction of sp³-hybridized carbons (Fsp3) is 0.600. The average Bonchev–Trinajstić information content (AvgIpc) is 2.97. The van der Waals surface area contributed by atoms with Crippen LogP contribution >= 0.6 is 0 Å². The van der Waals surface area contributed by atoms with E-state index in [-0.39, 0.29) is 0 Å². The van der Waals surface area contributed by atoms with Crippen molar-refractivity contribution in [1.29, 1.82) is 0 Å². The van der Waals surface area contributed by atoms with Gasteiger partial charge in [0.15, 0.2) is 0 Å². The summed E-state index contributed by atoms with van der Waals surface area (Å²) in [4.78, 5) is 10.5. The molecule has 76 valence electrons. The first-order valence-electron chi connectivity index (χ1n) is 5.15. The lowest BCUT2D eigenvalue weighted by molar-refractivity contribution is 0.749. The molecular formula is C10H16N4. The number of aromatic nitrogens is 2. The van der Waals surface area contributed by atoms with Crippen LogP contribution in [0.1, 0.15) is 26.2 Å². The monoisotopic (exact) mass is 192 g/mol. The average molecular weight is 192 g/mol. The summed E-state index contributed by atoms with van der Waals surface area (Å²) in [6.45, 7) is 3.24. The lowest BCUT2D eigenvalue weighted by Gasteiger charge is -2.22. The van der Waals surface area contributed by atoms with Crippen LogP contribution in [0.3, 0.4) is 0 Å². The van der Waals surface area contributed by atoms with Gasteiger partial charge in [-0.25, -0.2) is 9.97 Å². The molecule has 1 aliphatic rings. The predicted molar refractivity (Wildman–Crippen MR) is 57.1 cm³/mol. The van der Waals surface area contributed by atoms with E-state index in [2.05, 4.69) is 21.8 Å². The van der Waals surface area contributed by atoms with Gasteiger partial charge in [-0.1, -0.05) is 6.92 Å². The van der Waals surface area contributed by atoms with E-state index in [4.69, 9.17) is 5.73 Å². The molecule has 2 rings (SSSR count). The number of anilines is 2. The second-order valence-electron chi connectivity index (χ2n) is 3.73. The molecular weight excluding hydrogens is 176 g/mol. The van der Waals surface area contributed by atoms with Crippen LogP contribution in [0.5, 0.6) is 0 Å². The van der Waals surface area contributed by atoms with E-state index in [0.717, 1.165) is 18.8 Å². The van der Waals surface area contributed by atoms with E-state index in [1.165, 1.54) is 19.2 Å². The van der Waals surface area contributed by atoms with Gasteiger partial charge in [-0.3, -0.25) is 0 Å². The first kappa shape index (κ1) is 9.24. The zero-order valence-corrected chi connectivity index (χ0v) is 8.48. The van der Waals surface area contributed by atoms with Crippen molar-refractivity contribution in [1.82, 2.24) is 9.97 Å². The van der Waals surface area contributed by atoms with Gasteiger partial charge in [-0.15, -0.1) is 0 Å². The molecule has 4 heteroatoms. The zero-order valence-electron chi connectivity index (χ0n) is 8.48. The maximum Gasteiger partial charge on any atom is 0.134 e. The van der Waals surface area contributed by atoms with Gasteiger partial charge in [0.25, 0.3) is 0 Å². The van der Waals surface area contributed by atoms with Crippen molar-refractivity contribution >= 4 is 11.6 Å². The molecule has 1 fully saturated rings. The first-order chi connectivity index (χ1) is 6.81. The summed E-state index contributed by atoms with van der Waals surface area (Å²) in [5.41, 5.74) is 5.64. The van der Waals surface area contributed by atoms with Crippen LogP contribution in [0, 0.1) is 0 Å². The Labute approximate surface area is 84.2 Å².